The minimum Gasteiger partial charge on any atom is -0.475 e. The molecule has 0 radical (unpaired) electrons. The topological polar surface area (TPSA) is 96.5 Å². The summed E-state index contributed by atoms with van der Waals surface area (Å²) < 4.78 is 36.9. The van der Waals surface area contributed by atoms with E-state index in [-0.39, 0.29) is 49.1 Å². The number of thioether (sulfide) groups is 1. The first-order valence-corrected chi connectivity index (χ1v) is 16.2. The lowest BCUT2D eigenvalue weighted by Gasteiger charge is -2.42. The van der Waals surface area contributed by atoms with Crippen LogP contribution in [0.5, 0.6) is 5.88 Å². The third kappa shape index (κ3) is 5.83. The first kappa shape index (κ1) is 30.8. The van der Waals surface area contributed by atoms with Crippen molar-refractivity contribution < 1.29 is 18.3 Å². The fraction of sp³-hybridized carbons (Fsp3) is 0.412. The number of nitrogens with zero attached hydrogens (tertiary/aromatic N) is 6. The lowest BCUT2D eigenvalue weighted by Crippen LogP contribution is -2.55. The molecule has 0 aliphatic carbocycles. The average molecular weight is 629 g/mol. The molecule has 3 aromatic rings. The van der Waals surface area contributed by atoms with Crippen LogP contribution >= 0.6 is 11.8 Å². The number of carbonyl (C=O) groups excluding carboxylic acids is 1. The molecule has 3 aliphatic heterocycles. The number of piperazine rings is 1. The molecule has 232 valence electrons. The van der Waals surface area contributed by atoms with Crippen LogP contribution in [0.4, 0.5) is 14.5 Å². The number of anilines is 1. The molecule has 0 N–H and O–H groups in total. The maximum absolute atomic E-state index is 16.8. The second kappa shape index (κ2) is 13.0. The fourth-order valence-electron chi connectivity index (χ4n) is 6.73. The molecule has 11 heteroatoms. The number of hydrogen-bond acceptors (Lipinski definition) is 8. The summed E-state index contributed by atoms with van der Waals surface area (Å²) in [6.45, 7) is 4.85. The number of aryl methyl sites for hydroxylation is 1. The molecule has 1 amide bonds. The standard InChI is InChI=1S/C34H34F2N6O2S/c1-21(35)34(43)42-16-15-41(19-23(42)12-13-37)31-27-11-10-25(26-9-3-6-22-7-5-17-45-32(22)26)29(36)30(27)39-33(28(31)18-38)44-20-24-8-4-14-40(24)2/h3,6,9-11,23-24H,1,4-5,7-8,12,14-17,19-20H2,2H3/t23-,24-/m0/s1. The molecule has 0 spiro atoms. The van der Waals surface area contributed by atoms with E-state index in [1.165, 1.54) is 10.5 Å². The van der Waals surface area contributed by atoms with Gasteiger partial charge in [-0.05, 0) is 62.2 Å². The molecular formula is C34H34F2N6O2S. The first-order valence-electron chi connectivity index (χ1n) is 15.2. The van der Waals surface area contributed by atoms with Crippen LogP contribution < -0.4 is 9.64 Å². The molecule has 3 aliphatic rings. The third-order valence-corrected chi connectivity index (χ3v) is 10.3. The van der Waals surface area contributed by atoms with Crippen LogP contribution in [-0.4, -0.2) is 78.4 Å². The van der Waals surface area contributed by atoms with Gasteiger partial charge in [-0.15, -0.1) is 11.8 Å². The second-order valence-electron chi connectivity index (χ2n) is 11.8. The van der Waals surface area contributed by atoms with Crippen molar-refractivity contribution in [3.63, 3.8) is 0 Å². The van der Waals surface area contributed by atoms with Crippen molar-refractivity contribution in [1.29, 1.82) is 10.5 Å². The molecule has 0 unspecified atom stereocenters. The average Bonchev–Trinajstić information content (AvgIpc) is 3.47. The molecule has 0 bridgehead atoms. The van der Waals surface area contributed by atoms with Crippen LogP contribution in [0.15, 0.2) is 47.6 Å². The molecule has 2 fully saturated rings. The minimum atomic E-state index is -1.10. The summed E-state index contributed by atoms with van der Waals surface area (Å²) in [7, 11) is 2.03. The number of halogens is 2. The predicted octanol–water partition coefficient (Wildman–Crippen LogP) is 5.84. The molecule has 2 saturated heterocycles. The van der Waals surface area contributed by atoms with E-state index in [0.29, 0.717) is 23.2 Å². The van der Waals surface area contributed by atoms with Gasteiger partial charge in [-0.3, -0.25) is 4.79 Å². The molecule has 1 aromatic heterocycles. The molecule has 6 rings (SSSR count). The highest BCUT2D eigenvalue weighted by atomic mass is 32.2. The van der Waals surface area contributed by atoms with Gasteiger partial charge in [-0.1, -0.05) is 30.8 Å². The summed E-state index contributed by atoms with van der Waals surface area (Å²) in [6, 6.07) is 13.3. The van der Waals surface area contributed by atoms with Gasteiger partial charge in [0.1, 0.15) is 23.8 Å². The van der Waals surface area contributed by atoms with Crippen molar-refractivity contribution in [2.24, 2.45) is 0 Å². The number of nitriles is 2. The summed E-state index contributed by atoms with van der Waals surface area (Å²) in [5, 5.41) is 20.4. The van der Waals surface area contributed by atoms with Gasteiger partial charge in [-0.25, -0.2) is 13.8 Å². The van der Waals surface area contributed by atoms with Crippen molar-refractivity contribution in [3.05, 3.63) is 59.7 Å². The normalized spacial score (nSPS) is 20.0. The van der Waals surface area contributed by atoms with Crippen LogP contribution in [0.25, 0.3) is 22.0 Å². The molecule has 45 heavy (non-hydrogen) atoms. The summed E-state index contributed by atoms with van der Waals surface area (Å²) in [5.74, 6) is -1.44. The predicted molar refractivity (Wildman–Crippen MR) is 170 cm³/mol. The highest BCUT2D eigenvalue weighted by Gasteiger charge is 2.35. The molecule has 2 atom stereocenters. The van der Waals surface area contributed by atoms with E-state index < -0.39 is 23.6 Å². The number of ether oxygens (including phenoxy) is 1. The SMILES string of the molecule is C=C(F)C(=O)N1CCN(c2c(C#N)c(OC[C@@H]3CCCN3C)nc3c(F)c(-c4cccc5c4SCCC5)ccc23)C[C@@H]1CC#N. The van der Waals surface area contributed by atoms with Crippen LogP contribution in [0, 0.1) is 28.5 Å². The van der Waals surface area contributed by atoms with Gasteiger partial charge in [0.25, 0.3) is 5.91 Å². The maximum Gasteiger partial charge on any atom is 0.282 e. The maximum atomic E-state index is 16.8. The Morgan fingerprint density at radius 1 is 1.16 bits per heavy atom. The number of pyridine rings is 1. The number of amides is 1. The third-order valence-electron chi connectivity index (χ3n) is 9.07. The summed E-state index contributed by atoms with van der Waals surface area (Å²) in [6.07, 6.45) is 3.96. The fourth-order valence-corrected chi connectivity index (χ4v) is 7.91. The van der Waals surface area contributed by atoms with Gasteiger partial charge in [-0.2, -0.15) is 10.5 Å². The van der Waals surface area contributed by atoms with Crippen molar-refractivity contribution >= 4 is 34.3 Å². The van der Waals surface area contributed by atoms with Gasteiger partial charge in [0.15, 0.2) is 11.6 Å². The quantitative estimate of drug-likeness (QED) is 0.301. The Labute approximate surface area is 265 Å². The molecule has 2 aromatic carbocycles. The zero-order chi connectivity index (χ0) is 31.7. The highest BCUT2D eigenvalue weighted by Crippen LogP contribution is 2.43. The summed E-state index contributed by atoms with van der Waals surface area (Å²) in [4.78, 5) is 23.7. The Morgan fingerprint density at radius 2 is 2.00 bits per heavy atom. The zero-order valence-electron chi connectivity index (χ0n) is 25.2. The van der Waals surface area contributed by atoms with Crippen LogP contribution in [-0.2, 0) is 11.2 Å². The van der Waals surface area contributed by atoms with E-state index in [4.69, 9.17) is 4.74 Å². The minimum absolute atomic E-state index is 0.0485. The Balaban J connectivity index is 1.49. The number of rotatable bonds is 7. The number of likely N-dealkylation sites (N-methyl/N-ethyl adjacent to an activating group) is 1. The lowest BCUT2D eigenvalue weighted by atomic mass is 9.97. The van der Waals surface area contributed by atoms with Gasteiger partial charge in [0, 0.05) is 41.5 Å². The Bertz CT molecular complexity index is 1750. The Kier molecular flexibility index (Phi) is 8.93. The van der Waals surface area contributed by atoms with Gasteiger partial charge < -0.3 is 19.4 Å². The van der Waals surface area contributed by atoms with Gasteiger partial charge >= 0.3 is 0 Å². The number of fused-ring (bicyclic) bond motifs is 2. The zero-order valence-corrected chi connectivity index (χ0v) is 26.0. The Morgan fingerprint density at radius 3 is 2.73 bits per heavy atom. The molecule has 0 saturated carbocycles. The number of benzene rings is 2. The summed E-state index contributed by atoms with van der Waals surface area (Å²) >= 11 is 1.73. The monoisotopic (exact) mass is 628 g/mol. The smallest absolute Gasteiger partial charge is 0.282 e. The first-order chi connectivity index (χ1) is 21.8. The lowest BCUT2D eigenvalue weighted by molar-refractivity contribution is -0.131. The largest absolute Gasteiger partial charge is 0.475 e. The Hall–Kier alpha value is -4.19. The van der Waals surface area contributed by atoms with Crippen molar-refractivity contribution in [3.8, 4) is 29.1 Å². The van der Waals surface area contributed by atoms with Gasteiger partial charge in [0.05, 0.1) is 24.2 Å². The van der Waals surface area contributed by atoms with E-state index in [1.54, 1.807) is 23.9 Å². The number of aromatic nitrogens is 1. The van der Waals surface area contributed by atoms with E-state index in [0.717, 1.165) is 48.4 Å². The highest BCUT2D eigenvalue weighted by molar-refractivity contribution is 7.99. The van der Waals surface area contributed by atoms with Crippen LogP contribution in [0.3, 0.4) is 0 Å². The van der Waals surface area contributed by atoms with E-state index >= 15 is 4.39 Å². The summed E-state index contributed by atoms with van der Waals surface area (Å²) in [5.41, 5.74) is 3.12. The van der Waals surface area contributed by atoms with E-state index in [9.17, 15) is 19.7 Å². The van der Waals surface area contributed by atoms with Crippen LogP contribution in [0.1, 0.15) is 36.8 Å². The number of carbonyl (C=O) groups is 1. The molecule has 4 heterocycles. The molecule has 8 nitrogen and oxygen atoms in total. The second-order valence-corrected chi connectivity index (χ2v) is 12.9. The van der Waals surface area contributed by atoms with Gasteiger partial charge in [0.2, 0.25) is 5.88 Å². The van der Waals surface area contributed by atoms with Crippen molar-refractivity contribution in [2.75, 3.05) is 50.5 Å². The van der Waals surface area contributed by atoms with E-state index in [1.807, 2.05) is 24.1 Å². The van der Waals surface area contributed by atoms with E-state index in [2.05, 4.69) is 34.7 Å². The number of hydrogen-bond donors (Lipinski definition) is 0. The van der Waals surface area contributed by atoms with Crippen LogP contribution in [0.2, 0.25) is 0 Å². The molecular weight excluding hydrogens is 594 g/mol. The van der Waals surface area contributed by atoms with Crippen molar-refractivity contribution in [1.82, 2.24) is 14.8 Å². The number of likely N-dealkylation sites (tertiary alicyclic amines) is 1. The van der Waals surface area contributed by atoms with Crippen molar-refractivity contribution in [2.45, 2.75) is 49.1 Å².